The molecule has 0 aliphatic carbocycles. The van der Waals surface area contributed by atoms with E-state index in [2.05, 4.69) is 15.0 Å². The molecule has 1 atom stereocenters. The Hall–Kier alpha value is -3.19. The zero-order valence-electron chi connectivity index (χ0n) is 15.4. The van der Waals surface area contributed by atoms with Crippen molar-refractivity contribution in [3.63, 3.8) is 0 Å². The Bertz CT molecular complexity index is 982. The van der Waals surface area contributed by atoms with Crippen LogP contribution in [0.4, 0.5) is 4.39 Å². The van der Waals surface area contributed by atoms with Crippen molar-refractivity contribution >= 4 is 22.8 Å². The number of aryl methyl sites for hydroxylation is 1. The molecule has 3 rings (SSSR count). The summed E-state index contributed by atoms with van der Waals surface area (Å²) in [5.41, 5.74) is 3.48. The fourth-order valence-electron chi connectivity index (χ4n) is 3.15. The van der Waals surface area contributed by atoms with Crippen molar-refractivity contribution in [3.05, 3.63) is 59.9 Å². The van der Waals surface area contributed by atoms with E-state index in [0.29, 0.717) is 6.42 Å². The largest absolute Gasteiger partial charge is 0.467 e. The van der Waals surface area contributed by atoms with E-state index in [-0.39, 0.29) is 18.1 Å². The van der Waals surface area contributed by atoms with E-state index < -0.39 is 18.6 Å². The number of H-pyrrole nitrogens is 1. The van der Waals surface area contributed by atoms with Gasteiger partial charge >= 0.3 is 5.97 Å². The molecule has 2 aromatic carbocycles. The van der Waals surface area contributed by atoms with Gasteiger partial charge in [0.1, 0.15) is 5.82 Å². The summed E-state index contributed by atoms with van der Waals surface area (Å²) < 4.78 is 17.8. The quantitative estimate of drug-likeness (QED) is 0.546. The van der Waals surface area contributed by atoms with Crippen molar-refractivity contribution in [1.29, 1.82) is 0 Å². The SMILES string of the molecule is COC(=O)[C@@H](CO)NC(=O)CCc1c(-c2ccc(F)cc2)[nH]c2ccccc12. The second-order valence-corrected chi connectivity index (χ2v) is 6.36. The number of rotatable bonds is 7. The molecule has 28 heavy (non-hydrogen) atoms. The standard InChI is InChI=1S/C21H21FN2O4/c1-28-21(27)18(12-25)23-19(26)11-10-16-15-4-2-3-5-17(15)24-20(16)13-6-8-14(22)9-7-13/h2-9,18,24-25H,10-12H2,1H3,(H,23,26)/t18-/m1/s1. The van der Waals surface area contributed by atoms with Crippen LogP contribution in [-0.4, -0.2) is 41.7 Å². The minimum atomic E-state index is -1.09. The maximum atomic E-state index is 13.3. The van der Waals surface area contributed by atoms with Gasteiger partial charge < -0.3 is 20.1 Å². The molecule has 0 unspecified atom stereocenters. The summed E-state index contributed by atoms with van der Waals surface area (Å²) in [5, 5.41) is 12.7. The van der Waals surface area contributed by atoms with Gasteiger partial charge in [-0.05, 0) is 47.9 Å². The summed E-state index contributed by atoms with van der Waals surface area (Å²) in [4.78, 5) is 27.1. The fraction of sp³-hybridized carbons (Fsp3) is 0.238. The monoisotopic (exact) mass is 384 g/mol. The molecule has 0 aliphatic heterocycles. The van der Waals surface area contributed by atoms with Crippen LogP contribution in [0.25, 0.3) is 22.2 Å². The molecule has 7 heteroatoms. The first-order valence-corrected chi connectivity index (χ1v) is 8.87. The van der Waals surface area contributed by atoms with Gasteiger partial charge in [0.15, 0.2) is 6.04 Å². The number of amides is 1. The third kappa shape index (κ3) is 4.20. The number of aromatic nitrogens is 1. The predicted molar refractivity (Wildman–Crippen MR) is 103 cm³/mol. The van der Waals surface area contributed by atoms with Crippen molar-refractivity contribution in [2.45, 2.75) is 18.9 Å². The molecule has 1 amide bonds. The average Bonchev–Trinajstić information content (AvgIpc) is 3.09. The molecule has 3 N–H and O–H groups in total. The molecule has 1 aromatic heterocycles. The van der Waals surface area contributed by atoms with Gasteiger partial charge in [-0.25, -0.2) is 9.18 Å². The molecule has 3 aromatic rings. The average molecular weight is 384 g/mol. The molecule has 0 bridgehead atoms. The smallest absolute Gasteiger partial charge is 0.330 e. The number of hydrogen-bond donors (Lipinski definition) is 3. The van der Waals surface area contributed by atoms with Crippen LogP contribution in [0.3, 0.4) is 0 Å². The summed E-state index contributed by atoms with van der Waals surface area (Å²) in [5.74, 6) is -1.40. The first-order chi connectivity index (χ1) is 13.5. The van der Waals surface area contributed by atoms with Crippen molar-refractivity contribution in [3.8, 4) is 11.3 Å². The number of aliphatic hydroxyl groups excluding tert-OH is 1. The Labute approximate surface area is 161 Å². The Morgan fingerprint density at radius 3 is 2.57 bits per heavy atom. The third-order valence-corrected chi connectivity index (χ3v) is 4.55. The molecule has 0 spiro atoms. The first-order valence-electron chi connectivity index (χ1n) is 8.87. The van der Waals surface area contributed by atoms with Crippen molar-refractivity contribution < 1.29 is 23.8 Å². The lowest BCUT2D eigenvalue weighted by atomic mass is 10.0. The Balaban J connectivity index is 1.84. The van der Waals surface area contributed by atoms with Crippen LogP contribution in [0.1, 0.15) is 12.0 Å². The van der Waals surface area contributed by atoms with Crippen LogP contribution < -0.4 is 5.32 Å². The van der Waals surface area contributed by atoms with Crippen LogP contribution in [0.15, 0.2) is 48.5 Å². The van der Waals surface area contributed by atoms with E-state index in [4.69, 9.17) is 0 Å². The van der Waals surface area contributed by atoms with Crippen LogP contribution in [0, 0.1) is 5.82 Å². The second kappa shape index (κ2) is 8.67. The zero-order valence-corrected chi connectivity index (χ0v) is 15.4. The summed E-state index contributed by atoms with van der Waals surface area (Å²) >= 11 is 0. The summed E-state index contributed by atoms with van der Waals surface area (Å²) in [7, 11) is 1.19. The number of para-hydroxylation sites is 1. The molecule has 146 valence electrons. The van der Waals surface area contributed by atoms with Gasteiger partial charge in [0.25, 0.3) is 0 Å². The van der Waals surface area contributed by atoms with Crippen LogP contribution in [0.2, 0.25) is 0 Å². The minimum absolute atomic E-state index is 0.115. The van der Waals surface area contributed by atoms with E-state index in [0.717, 1.165) is 27.7 Å². The number of hydrogen-bond acceptors (Lipinski definition) is 4. The fourth-order valence-corrected chi connectivity index (χ4v) is 3.15. The predicted octanol–water partition coefficient (Wildman–Crippen LogP) is 2.56. The number of halogens is 1. The highest BCUT2D eigenvalue weighted by atomic mass is 19.1. The number of ether oxygens (including phenoxy) is 1. The molecule has 6 nitrogen and oxygen atoms in total. The molecule has 0 aliphatic rings. The zero-order chi connectivity index (χ0) is 20.1. The minimum Gasteiger partial charge on any atom is -0.467 e. The van der Waals surface area contributed by atoms with E-state index in [1.165, 1.54) is 19.2 Å². The van der Waals surface area contributed by atoms with E-state index in [1.807, 2.05) is 24.3 Å². The van der Waals surface area contributed by atoms with Gasteiger partial charge in [-0.15, -0.1) is 0 Å². The number of benzene rings is 2. The number of aromatic amines is 1. The summed E-state index contributed by atoms with van der Waals surface area (Å²) in [6.45, 7) is -0.535. The van der Waals surface area contributed by atoms with Crippen LogP contribution >= 0.6 is 0 Å². The maximum absolute atomic E-state index is 13.3. The second-order valence-electron chi connectivity index (χ2n) is 6.36. The van der Waals surface area contributed by atoms with Gasteiger partial charge in [-0.1, -0.05) is 18.2 Å². The lowest BCUT2D eigenvalue weighted by Gasteiger charge is -2.14. The number of aliphatic hydroxyl groups is 1. The van der Waals surface area contributed by atoms with Gasteiger partial charge in [-0.2, -0.15) is 0 Å². The lowest BCUT2D eigenvalue weighted by Crippen LogP contribution is -2.44. The number of fused-ring (bicyclic) bond motifs is 1. The summed E-state index contributed by atoms with van der Waals surface area (Å²) in [6, 6.07) is 12.8. The Kier molecular flexibility index (Phi) is 6.06. The molecule has 0 fully saturated rings. The Morgan fingerprint density at radius 1 is 1.18 bits per heavy atom. The van der Waals surface area contributed by atoms with Crippen molar-refractivity contribution in [2.75, 3.05) is 13.7 Å². The molecule has 0 radical (unpaired) electrons. The van der Waals surface area contributed by atoms with Gasteiger partial charge in [0.05, 0.1) is 13.7 Å². The molecule has 1 heterocycles. The van der Waals surface area contributed by atoms with Gasteiger partial charge in [0.2, 0.25) is 5.91 Å². The van der Waals surface area contributed by atoms with Crippen LogP contribution in [-0.2, 0) is 20.7 Å². The van der Waals surface area contributed by atoms with Crippen molar-refractivity contribution in [2.24, 2.45) is 0 Å². The maximum Gasteiger partial charge on any atom is 0.330 e. The van der Waals surface area contributed by atoms with Gasteiger partial charge in [-0.3, -0.25) is 4.79 Å². The lowest BCUT2D eigenvalue weighted by molar-refractivity contribution is -0.146. The number of carbonyl (C=O) groups excluding carboxylic acids is 2. The number of esters is 1. The highest BCUT2D eigenvalue weighted by Crippen LogP contribution is 2.31. The first kappa shape index (κ1) is 19.6. The molecule has 0 saturated carbocycles. The Morgan fingerprint density at radius 2 is 1.89 bits per heavy atom. The third-order valence-electron chi connectivity index (χ3n) is 4.55. The molecular formula is C21H21FN2O4. The molecular weight excluding hydrogens is 363 g/mol. The number of carbonyl (C=O) groups is 2. The van der Waals surface area contributed by atoms with E-state index in [1.54, 1.807) is 12.1 Å². The van der Waals surface area contributed by atoms with Gasteiger partial charge in [0, 0.05) is 23.0 Å². The van der Waals surface area contributed by atoms with Crippen LogP contribution in [0.5, 0.6) is 0 Å². The van der Waals surface area contributed by atoms with E-state index in [9.17, 15) is 19.1 Å². The highest BCUT2D eigenvalue weighted by molar-refractivity contribution is 5.91. The highest BCUT2D eigenvalue weighted by Gasteiger charge is 2.21. The number of methoxy groups -OCH3 is 1. The topological polar surface area (TPSA) is 91.4 Å². The molecule has 0 saturated heterocycles. The normalized spacial score (nSPS) is 12.0. The van der Waals surface area contributed by atoms with E-state index >= 15 is 0 Å². The number of nitrogens with one attached hydrogen (secondary N) is 2. The summed E-state index contributed by atoms with van der Waals surface area (Å²) in [6.07, 6.45) is 0.519. The van der Waals surface area contributed by atoms with Crippen molar-refractivity contribution in [1.82, 2.24) is 10.3 Å².